The molecule has 4 rings (SSSR count). The summed E-state index contributed by atoms with van der Waals surface area (Å²) >= 11 is 0. The van der Waals surface area contributed by atoms with Crippen LogP contribution >= 0.6 is 0 Å². The van der Waals surface area contributed by atoms with E-state index in [4.69, 9.17) is 4.42 Å². The highest BCUT2D eigenvalue weighted by atomic mass is 19.4. The van der Waals surface area contributed by atoms with E-state index in [1.54, 1.807) is 6.07 Å². The van der Waals surface area contributed by atoms with Crippen LogP contribution in [0.3, 0.4) is 0 Å². The maximum absolute atomic E-state index is 12.9. The van der Waals surface area contributed by atoms with Gasteiger partial charge in [-0.2, -0.15) is 26.3 Å². The van der Waals surface area contributed by atoms with Gasteiger partial charge in [-0.25, -0.2) is 4.98 Å². The number of halogens is 6. The van der Waals surface area contributed by atoms with Gasteiger partial charge in [0.15, 0.2) is 5.58 Å². The number of pyridine rings is 1. The summed E-state index contributed by atoms with van der Waals surface area (Å²) in [6.07, 6.45) is -3.96. The third-order valence-corrected chi connectivity index (χ3v) is 4.45. The Morgan fingerprint density at radius 2 is 1.79 bits per heavy atom. The molecule has 1 aromatic carbocycles. The van der Waals surface area contributed by atoms with Gasteiger partial charge >= 0.3 is 12.4 Å². The van der Waals surface area contributed by atoms with Crippen molar-refractivity contribution in [2.75, 3.05) is 0 Å². The second-order valence-corrected chi connectivity index (χ2v) is 6.37. The standard InChI is InChI=1S/C19H11F6N3O/c20-18(21,22)11-2-3-15-14(7-11)28-17(29-15)12-5-6-26-9-13(12)10-1-4-16(27-8-10)19(23,24)25/h2-10H,1H2. The summed E-state index contributed by atoms with van der Waals surface area (Å²) in [7, 11) is 0. The van der Waals surface area contributed by atoms with Crippen LogP contribution in [0.25, 0.3) is 22.6 Å². The van der Waals surface area contributed by atoms with E-state index >= 15 is 0 Å². The SMILES string of the molecule is FC(F)(F)C1=CCC(c2cnccc2-c2nc3cc(C(F)(F)F)ccc3o2)C=N1. The van der Waals surface area contributed by atoms with Crippen LogP contribution in [-0.2, 0) is 6.18 Å². The van der Waals surface area contributed by atoms with E-state index in [0.717, 1.165) is 18.2 Å². The van der Waals surface area contributed by atoms with Gasteiger partial charge in [0.1, 0.15) is 11.2 Å². The summed E-state index contributed by atoms with van der Waals surface area (Å²) in [4.78, 5) is 11.6. The van der Waals surface area contributed by atoms with Gasteiger partial charge in [-0.05, 0) is 36.2 Å². The number of alkyl halides is 6. The molecule has 1 aliphatic heterocycles. The van der Waals surface area contributed by atoms with Crippen LogP contribution in [-0.4, -0.2) is 22.4 Å². The number of rotatable bonds is 2. The van der Waals surface area contributed by atoms with E-state index in [2.05, 4.69) is 15.0 Å². The van der Waals surface area contributed by atoms with Crippen LogP contribution in [0.4, 0.5) is 26.3 Å². The highest BCUT2D eigenvalue weighted by Gasteiger charge is 2.35. The van der Waals surface area contributed by atoms with Crippen LogP contribution < -0.4 is 0 Å². The lowest BCUT2D eigenvalue weighted by Gasteiger charge is -2.18. The zero-order valence-corrected chi connectivity index (χ0v) is 14.4. The molecule has 0 amide bonds. The molecule has 0 aliphatic carbocycles. The molecular formula is C19H11F6N3O. The summed E-state index contributed by atoms with van der Waals surface area (Å²) in [5.41, 5.74) is -0.715. The first kappa shape index (κ1) is 19.2. The smallest absolute Gasteiger partial charge is 0.432 e. The Hall–Kier alpha value is -3.17. The molecule has 0 spiro atoms. The molecule has 150 valence electrons. The lowest BCUT2D eigenvalue weighted by atomic mass is 9.92. The van der Waals surface area contributed by atoms with E-state index in [0.29, 0.717) is 11.1 Å². The summed E-state index contributed by atoms with van der Waals surface area (Å²) < 4.78 is 82.5. The van der Waals surface area contributed by atoms with Crippen molar-refractivity contribution in [2.24, 2.45) is 4.99 Å². The van der Waals surface area contributed by atoms with Crippen LogP contribution in [0.1, 0.15) is 23.5 Å². The molecule has 1 aliphatic rings. The number of aromatic nitrogens is 2. The fourth-order valence-corrected chi connectivity index (χ4v) is 3.03. The molecule has 0 saturated carbocycles. The summed E-state index contributed by atoms with van der Waals surface area (Å²) in [6.45, 7) is 0. The largest absolute Gasteiger partial charge is 0.436 e. The maximum Gasteiger partial charge on any atom is 0.432 e. The molecule has 2 aromatic heterocycles. The van der Waals surface area contributed by atoms with Crippen molar-refractivity contribution >= 4 is 17.3 Å². The molecule has 1 atom stereocenters. The van der Waals surface area contributed by atoms with Crippen LogP contribution in [0.5, 0.6) is 0 Å². The van der Waals surface area contributed by atoms with Gasteiger partial charge in [0, 0.05) is 30.1 Å². The minimum atomic E-state index is -4.53. The lowest BCUT2D eigenvalue weighted by molar-refractivity contribution is -0.137. The fraction of sp³-hybridized carbons (Fsp3) is 0.211. The van der Waals surface area contributed by atoms with Gasteiger partial charge in [0.05, 0.1) is 5.56 Å². The molecule has 0 saturated heterocycles. The number of allylic oxidation sites excluding steroid dienone is 2. The van der Waals surface area contributed by atoms with Crippen LogP contribution in [0.2, 0.25) is 0 Å². The molecule has 10 heteroatoms. The Labute approximate surface area is 159 Å². The number of fused-ring (bicyclic) bond motifs is 1. The van der Waals surface area contributed by atoms with Crippen molar-refractivity contribution < 1.29 is 30.8 Å². The van der Waals surface area contributed by atoms with Crippen molar-refractivity contribution in [1.82, 2.24) is 9.97 Å². The van der Waals surface area contributed by atoms with Gasteiger partial charge in [-0.1, -0.05) is 6.08 Å². The van der Waals surface area contributed by atoms with Gasteiger partial charge in [-0.15, -0.1) is 0 Å². The second-order valence-electron chi connectivity index (χ2n) is 6.37. The highest BCUT2D eigenvalue weighted by molar-refractivity contribution is 5.80. The van der Waals surface area contributed by atoms with E-state index in [9.17, 15) is 26.3 Å². The number of aliphatic imine (C=N–C) groups is 1. The monoisotopic (exact) mass is 411 g/mol. The zero-order valence-electron chi connectivity index (χ0n) is 14.4. The summed E-state index contributed by atoms with van der Waals surface area (Å²) in [6, 6.07) is 4.49. The van der Waals surface area contributed by atoms with Gasteiger partial charge in [0.2, 0.25) is 5.89 Å². The number of benzene rings is 1. The van der Waals surface area contributed by atoms with Crippen molar-refractivity contribution in [2.45, 2.75) is 24.7 Å². The quantitative estimate of drug-likeness (QED) is 0.493. The highest BCUT2D eigenvalue weighted by Crippen LogP contribution is 2.37. The van der Waals surface area contributed by atoms with E-state index in [1.807, 2.05) is 0 Å². The second kappa shape index (κ2) is 6.71. The Bertz CT molecular complexity index is 1130. The average molecular weight is 411 g/mol. The number of nitrogens with zero attached hydrogens (tertiary/aromatic N) is 3. The van der Waals surface area contributed by atoms with Crippen molar-refractivity contribution in [3.8, 4) is 11.5 Å². The minimum absolute atomic E-state index is 0.0224. The van der Waals surface area contributed by atoms with E-state index in [1.165, 1.54) is 24.7 Å². The molecule has 1 unspecified atom stereocenters. The molecule has 4 nitrogen and oxygen atoms in total. The molecule has 3 heterocycles. The topological polar surface area (TPSA) is 51.3 Å². The minimum Gasteiger partial charge on any atom is -0.436 e. The Kier molecular flexibility index (Phi) is 4.44. The Morgan fingerprint density at radius 1 is 1.00 bits per heavy atom. The molecule has 3 aromatic rings. The molecule has 0 radical (unpaired) electrons. The number of hydrogen-bond donors (Lipinski definition) is 0. The molecule has 0 bridgehead atoms. The van der Waals surface area contributed by atoms with Gasteiger partial charge < -0.3 is 4.42 Å². The summed E-state index contributed by atoms with van der Waals surface area (Å²) in [5, 5.41) is 0. The summed E-state index contributed by atoms with van der Waals surface area (Å²) in [5.74, 6) is -0.457. The maximum atomic E-state index is 12.9. The molecular weight excluding hydrogens is 400 g/mol. The number of oxazole rings is 1. The first-order chi connectivity index (χ1) is 13.6. The van der Waals surface area contributed by atoms with Crippen LogP contribution in [0.15, 0.2) is 57.8 Å². The number of hydrogen-bond acceptors (Lipinski definition) is 4. The predicted molar refractivity (Wildman–Crippen MR) is 92.2 cm³/mol. The zero-order chi connectivity index (χ0) is 20.8. The Balaban J connectivity index is 1.71. The first-order valence-corrected chi connectivity index (χ1v) is 8.36. The Morgan fingerprint density at radius 3 is 2.45 bits per heavy atom. The fourth-order valence-electron chi connectivity index (χ4n) is 3.03. The third-order valence-electron chi connectivity index (χ3n) is 4.45. The van der Waals surface area contributed by atoms with E-state index < -0.39 is 29.5 Å². The lowest BCUT2D eigenvalue weighted by Crippen LogP contribution is -2.15. The van der Waals surface area contributed by atoms with Crippen molar-refractivity contribution in [3.05, 3.63) is 59.6 Å². The van der Waals surface area contributed by atoms with E-state index in [-0.39, 0.29) is 23.4 Å². The molecule has 0 fully saturated rings. The normalized spacial score (nSPS) is 17.6. The third kappa shape index (κ3) is 3.74. The molecule has 29 heavy (non-hydrogen) atoms. The first-order valence-electron chi connectivity index (χ1n) is 8.36. The molecule has 0 N–H and O–H groups in total. The van der Waals surface area contributed by atoms with Gasteiger partial charge in [-0.3, -0.25) is 9.98 Å². The van der Waals surface area contributed by atoms with Gasteiger partial charge in [0.25, 0.3) is 0 Å². The predicted octanol–water partition coefficient (Wildman–Crippen LogP) is 5.91. The average Bonchev–Trinajstić information content (AvgIpc) is 3.10. The van der Waals surface area contributed by atoms with Crippen LogP contribution in [0, 0.1) is 0 Å². The van der Waals surface area contributed by atoms with Crippen molar-refractivity contribution in [1.29, 1.82) is 0 Å². The van der Waals surface area contributed by atoms with Crippen molar-refractivity contribution in [3.63, 3.8) is 0 Å².